The van der Waals surface area contributed by atoms with Crippen LogP contribution >= 0.6 is 15.9 Å². The summed E-state index contributed by atoms with van der Waals surface area (Å²) in [4.78, 5) is 12.9. The molecule has 0 fully saturated rings. The van der Waals surface area contributed by atoms with E-state index in [1.807, 2.05) is 6.92 Å². The number of alkyl halides is 1. The van der Waals surface area contributed by atoms with Crippen LogP contribution in [0.2, 0.25) is 0 Å². The van der Waals surface area contributed by atoms with Crippen molar-refractivity contribution >= 4 is 27.5 Å². The van der Waals surface area contributed by atoms with Crippen molar-refractivity contribution in [2.45, 2.75) is 6.92 Å². The Balaban J connectivity index is 2.94. The Hall–Kier alpha value is -0.900. The van der Waals surface area contributed by atoms with Crippen molar-refractivity contribution in [3.63, 3.8) is 0 Å². The monoisotopic (exact) mass is 259 g/mol. The van der Waals surface area contributed by atoms with E-state index in [1.54, 1.807) is 12.1 Å². The SMILES string of the molecule is CCN(C(=O)CBr)c1cccc(F)c1. The van der Waals surface area contributed by atoms with Gasteiger partial charge < -0.3 is 4.90 Å². The number of carbonyl (C=O) groups is 1. The second-order valence-electron chi connectivity index (χ2n) is 2.75. The molecule has 0 bridgehead atoms. The van der Waals surface area contributed by atoms with Gasteiger partial charge in [-0.1, -0.05) is 22.0 Å². The first kappa shape index (κ1) is 11.2. The summed E-state index contributed by atoms with van der Waals surface area (Å²) in [5.41, 5.74) is 0.594. The van der Waals surface area contributed by atoms with Crippen LogP contribution in [0.25, 0.3) is 0 Å². The van der Waals surface area contributed by atoms with E-state index >= 15 is 0 Å². The highest BCUT2D eigenvalue weighted by atomic mass is 79.9. The number of benzene rings is 1. The summed E-state index contributed by atoms with van der Waals surface area (Å²) in [5.74, 6) is -0.401. The molecule has 0 spiro atoms. The van der Waals surface area contributed by atoms with Gasteiger partial charge in [0.15, 0.2) is 0 Å². The first-order chi connectivity index (χ1) is 6.69. The van der Waals surface area contributed by atoms with Crippen LogP contribution in [0.5, 0.6) is 0 Å². The third-order valence-corrected chi connectivity index (χ3v) is 2.33. The molecule has 0 heterocycles. The van der Waals surface area contributed by atoms with E-state index in [4.69, 9.17) is 0 Å². The molecule has 0 N–H and O–H groups in total. The molecule has 0 aromatic heterocycles. The van der Waals surface area contributed by atoms with E-state index in [0.29, 0.717) is 12.2 Å². The van der Waals surface area contributed by atoms with Gasteiger partial charge in [-0.25, -0.2) is 4.39 Å². The molecule has 4 heteroatoms. The van der Waals surface area contributed by atoms with Crippen molar-refractivity contribution in [3.8, 4) is 0 Å². The maximum atomic E-state index is 12.9. The number of nitrogens with zero attached hydrogens (tertiary/aromatic N) is 1. The highest BCUT2D eigenvalue weighted by Crippen LogP contribution is 2.15. The van der Waals surface area contributed by atoms with Gasteiger partial charge in [0.2, 0.25) is 5.91 Å². The molecule has 0 aliphatic carbocycles. The number of amides is 1. The summed E-state index contributed by atoms with van der Waals surface area (Å²) < 4.78 is 12.9. The predicted octanol–water partition coefficient (Wildman–Crippen LogP) is 2.57. The van der Waals surface area contributed by atoms with Gasteiger partial charge in [0.05, 0.1) is 5.33 Å². The van der Waals surface area contributed by atoms with Crippen LogP contribution in [-0.4, -0.2) is 17.8 Å². The zero-order chi connectivity index (χ0) is 10.6. The van der Waals surface area contributed by atoms with Gasteiger partial charge in [-0.15, -0.1) is 0 Å². The number of carbonyl (C=O) groups excluding carboxylic acids is 1. The lowest BCUT2D eigenvalue weighted by Gasteiger charge is -2.19. The normalized spacial score (nSPS) is 9.93. The van der Waals surface area contributed by atoms with Crippen LogP contribution in [0, 0.1) is 5.82 Å². The first-order valence-electron chi connectivity index (χ1n) is 4.31. The van der Waals surface area contributed by atoms with Crippen molar-refractivity contribution < 1.29 is 9.18 Å². The molecule has 1 aromatic rings. The number of rotatable bonds is 3. The Morgan fingerprint density at radius 3 is 2.79 bits per heavy atom. The molecule has 0 saturated heterocycles. The van der Waals surface area contributed by atoms with Crippen molar-refractivity contribution in [1.29, 1.82) is 0 Å². The summed E-state index contributed by atoms with van der Waals surface area (Å²) in [6.07, 6.45) is 0. The van der Waals surface area contributed by atoms with E-state index < -0.39 is 0 Å². The van der Waals surface area contributed by atoms with E-state index in [1.165, 1.54) is 17.0 Å². The molecule has 0 radical (unpaired) electrons. The Morgan fingerprint density at radius 1 is 1.57 bits per heavy atom. The second-order valence-corrected chi connectivity index (χ2v) is 3.31. The third kappa shape index (κ3) is 2.54. The third-order valence-electron chi connectivity index (χ3n) is 1.85. The Labute approximate surface area is 90.8 Å². The summed E-state index contributed by atoms with van der Waals surface area (Å²) in [5, 5.41) is 0.247. The van der Waals surface area contributed by atoms with Gasteiger partial charge >= 0.3 is 0 Å². The molecule has 1 rings (SSSR count). The summed E-state index contributed by atoms with van der Waals surface area (Å²) in [7, 11) is 0. The summed E-state index contributed by atoms with van der Waals surface area (Å²) in [6, 6.07) is 6.02. The Morgan fingerprint density at radius 2 is 2.29 bits per heavy atom. The van der Waals surface area contributed by atoms with Gasteiger partial charge in [0.25, 0.3) is 0 Å². The maximum absolute atomic E-state index is 12.9. The minimum absolute atomic E-state index is 0.0712. The van der Waals surface area contributed by atoms with Crippen molar-refractivity contribution in [2.75, 3.05) is 16.8 Å². The van der Waals surface area contributed by atoms with E-state index in [2.05, 4.69) is 15.9 Å². The molecule has 0 atom stereocenters. The minimum Gasteiger partial charge on any atom is -0.312 e. The van der Waals surface area contributed by atoms with Crippen LogP contribution in [0.15, 0.2) is 24.3 Å². The molecule has 0 aliphatic heterocycles. The fourth-order valence-electron chi connectivity index (χ4n) is 1.22. The first-order valence-corrected chi connectivity index (χ1v) is 5.43. The van der Waals surface area contributed by atoms with E-state index in [9.17, 15) is 9.18 Å². The largest absolute Gasteiger partial charge is 0.312 e. The second kappa shape index (κ2) is 5.10. The number of halogens is 2. The smallest absolute Gasteiger partial charge is 0.237 e. The number of hydrogen-bond acceptors (Lipinski definition) is 1. The molecule has 76 valence electrons. The van der Waals surface area contributed by atoms with Gasteiger partial charge in [-0.05, 0) is 25.1 Å². The molecule has 14 heavy (non-hydrogen) atoms. The average molecular weight is 260 g/mol. The van der Waals surface area contributed by atoms with Crippen LogP contribution in [-0.2, 0) is 4.79 Å². The zero-order valence-corrected chi connectivity index (χ0v) is 9.42. The minimum atomic E-state index is -0.330. The molecular weight excluding hydrogens is 249 g/mol. The van der Waals surface area contributed by atoms with Gasteiger partial charge in [0.1, 0.15) is 5.82 Å². The van der Waals surface area contributed by atoms with Gasteiger partial charge in [-0.2, -0.15) is 0 Å². The number of anilines is 1. The average Bonchev–Trinajstić information content (AvgIpc) is 2.19. The zero-order valence-electron chi connectivity index (χ0n) is 7.84. The highest BCUT2D eigenvalue weighted by Gasteiger charge is 2.12. The van der Waals surface area contributed by atoms with Crippen molar-refractivity contribution in [2.24, 2.45) is 0 Å². The quantitative estimate of drug-likeness (QED) is 0.765. The molecule has 2 nitrogen and oxygen atoms in total. The topological polar surface area (TPSA) is 20.3 Å². The lowest BCUT2D eigenvalue weighted by atomic mass is 10.3. The van der Waals surface area contributed by atoms with Crippen LogP contribution in [0.4, 0.5) is 10.1 Å². The van der Waals surface area contributed by atoms with Crippen LogP contribution in [0.1, 0.15) is 6.92 Å². The predicted molar refractivity (Wildman–Crippen MR) is 58.2 cm³/mol. The van der Waals surface area contributed by atoms with Crippen LogP contribution in [0.3, 0.4) is 0 Å². The van der Waals surface area contributed by atoms with Crippen molar-refractivity contribution in [3.05, 3.63) is 30.1 Å². The summed E-state index contributed by atoms with van der Waals surface area (Å²) >= 11 is 3.09. The van der Waals surface area contributed by atoms with E-state index in [-0.39, 0.29) is 17.1 Å². The van der Waals surface area contributed by atoms with Crippen LogP contribution < -0.4 is 4.90 Å². The molecule has 0 saturated carbocycles. The molecular formula is C10H11BrFNO. The Kier molecular flexibility index (Phi) is 4.07. The fourth-order valence-corrected chi connectivity index (χ4v) is 1.52. The molecule has 0 aliphatic rings. The fraction of sp³-hybridized carbons (Fsp3) is 0.300. The summed E-state index contributed by atoms with van der Waals surface area (Å²) in [6.45, 7) is 2.39. The van der Waals surface area contributed by atoms with Crippen molar-refractivity contribution in [1.82, 2.24) is 0 Å². The number of hydrogen-bond donors (Lipinski definition) is 0. The van der Waals surface area contributed by atoms with E-state index in [0.717, 1.165) is 0 Å². The lowest BCUT2D eigenvalue weighted by Crippen LogP contribution is -2.31. The van der Waals surface area contributed by atoms with Gasteiger partial charge in [-0.3, -0.25) is 4.79 Å². The van der Waals surface area contributed by atoms with Gasteiger partial charge in [0, 0.05) is 12.2 Å². The Bertz CT molecular complexity index is 330. The molecule has 1 aromatic carbocycles. The highest BCUT2D eigenvalue weighted by molar-refractivity contribution is 9.09. The maximum Gasteiger partial charge on any atom is 0.237 e. The standard InChI is InChI=1S/C10H11BrFNO/c1-2-13(10(14)7-11)9-5-3-4-8(12)6-9/h3-6H,2,7H2,1H3. The molecule has 1 amide bonds. The lowest BCUT2D eigenvalue weighted by molar-refractivity contribution is -0.116. The molecule has 0 unspecified atom stereocenters.